The monoisotopic (exact) mass is 390 g/mol. The maximum absolute atomic E-state index is 13.4. The van der Waals surface area contributed by atoms with Crippen LogP contribution in [0.1, 0.15) is 12.8 Å². The number of nitrogens with two attached hydrogens (primary N) is 1. The Morgan fingerprint density at radius 1 is 1.10 bits per heavy atom. The number of aromatic nitrogens is 4. The number of nitrogen functional groups attached to an aromatic ring is 1. The quantitative estimate of drug-likeness (QED) is 0.539. The highest BCUT2D eigenvalue weighted by atomic mass is 19.1. The molecule has 0 radical (unpaired) electrons. The molecule has 0 atom stereocenters. The van der Waals surface area contributed by atoms with E-state index in [9.17, 15) is 4.39 Å². The Morgan fingerprint density at radius 3 is 2.59 bits per heavy atom. The highest BCUT2D eigenvalue weighted by Gasteiger charge is 2.25. The summed E-state index contributed by atoms with van der Waals surface area (Å²) in [6, 6.07) is 14.0. The maximum atomic E-state index is 13.4. The van der Waals surface area contributed by atoms with Crippen LogP contribution in [0.15, 0.2) is 48.5 Å². The summed E-state index contributed by atoms with van der Waals surface area (Å²) in [5.74, 6) is 1.24. The zero-order valence-electron chi connectivity index (χ0n) is 15.8. The Labute approximate surface area is 166 Å². The van der Waals surface area contributed by atoms with Crippen molar-refractivity contribution >= 4 is 22.8 Å². The van der Waals surface area contributed by atoms with Crippen molar-refractivity contribution in [3.63, 3.8) is 0 Å². The Bertz CT molecular complexity index is 1200. The number of ether oxygens (including phenoxy) is 1. The van der Waals surface area contributed by atoms with Crippen LogP contribution < -0.4 is 15.8 Å². The fourth-order valence-electron chi connectivity index (χ4n) is 3.30. The van der Waals surface area contributed by atoms with Crippen molar-refractivity contribution in [2.24, 2.45) is 0 Å². The molecule has 2 heterocycles. The zero-order chi connectivity index (χ0) is 20.0. The van der Waals surface area contributed by atoms with Crippen LogP contribution >= 0.6 is 0 Å². The summed E-state index contributed by atoms with van der Waals surface area (Å²) in [7, 11) is 1.62. The highest BCUT2D eigenvalue weighted by Crippen LogP contribution is 2.37. The second-order valence-corrected chi connectivity index (χ2v) is 6.99. The van der Waals surface area contributed by atoms with Gasteiger partial charge in [0.05, 0.1) is 23.9 Å². The van der Waals surface area contributed by atoms with Gasteiger partial charge in [0.25, 0.3) is 0 Å². The van der Waals surface area contributed by atoms with Gasteiger partial charge in [-0.2, -0.15) is 4.98 Å². The molecule has 0 saturated heterocycles. The van der Waals surface area contributed by atoms with Crippen LogP contribution in [-0.2, 0) is 0 Å². The average molecular weight is 390 g/mol. The van der Waals surface area contributed by atoms with Gasteiger partial charge in [0.15, 0.2) is 5.65 Å². The molecule has 1 saturated carbocycles. The molecule has 3 N–H and O–H groups in total. The predicted molar refractivity (Wildman–Crippen MR) is 110 cm³/mol. The fraction of sp³-hybridized carbons (Fsp3) is 0.190. The molecule has 4 aromatic rings. The summed E-state index contributed by atoms with van der Waals surface area (Å²) in [6.45, 7) is 0. The Balaban J connectivity index is 1.76. The summed E-state index contributed by atoms with van der Waals surface area (Å²) < 4.78 is 20.4. The molecule has 2 aromatic carbocycles. The minimum absolute atomic E-state index is 0.325. The molecule has 146 valence electrons. The third kappa shape index (κ3) is 3.12. The van der Waals surface area contributed by atoms with E-state index < -0.39 is 0 Å². The molecule has 8 heteroatoms. The van der Waals surface area contributed by atoms with Crippen LogP contribution in [0.25, 0.3) is 28.0 Å². The third-order valence-corrected chi connectivity index (χ3v) is 4.91. The molecule has 29 heavy (non-hydrogen) atoms. The van der Waals surface area contributed by atoms with Crippen LogP contribution in [0, 0.1) is 5.82 Å². The van der Waals surface area contributed by atoms with Gasteiger partial charge >= 0.3 is 0 Å². The van der Waals surface area contributed by atoms with Crippen molar-refractivity contribution in [1.29, 1.82) is 0 Å². The summed E-state index contributed by atoms with van der Waals surface area (Å²) in [5, 5.41) is 8.53. The first kappa shape index (κ1) is 17.4. The van der Waals surface area contributed by atoms with Crippen LogP contribution in [0.2, 0.25) is 0 Å². The smallest absolute Gasteiger partial charge is 0.225 e. The van der Waals surface area contributed by atoms with Gasteiger partial charge in [0, 0.05) is 11.6 Å². The van der Waals surface area contributed by atoms with Gasteiger partial charge in [-0.1, -0.05) is 12.1 Å². The first-order valence-corrected chi connectivity index (χ1v) is 9.36. The zero-order valence-corrected chi connectivity index (χ0v) is 15.8. The van der Waals surface area contributed by atoms with Gasteiger partial charge in [-0.05, 0) is 49.2 Å². The molecule has 1 fully saturated rings. The molecule has 0 amide bonds. The van der Waals surface area contributed by atoms with Gasteiger partial charge in [0.2, 0.25) is 5.95 Å². The lowest BCUT2D eigenvalue weighted by atomic mass is 10.1. The second-order valence-electron chi connectivity index (χ2n) is 6.99. The van der Waals surface area contributed by atoms with E-state index in [1.165, 1.54) is 12.1 Å². The molecule has 1 aliphatic carbocycles. The number of anilines is 2. The van der Waals surface area contributed by atoms with E-state index >= 15 is 0 Å². The normalized spacial score (nSPS) is 13.6. The molecular weight excluding hydrogens is 371 g/mol. The lowest BCUT2D eigenvalue weighted by Crippen LogP contribution is -2.06. The number of rotatable bonds is 5. The second kappa shape index (κ2) is 6.73. The van der Waals surface area contributed by atoms with Crippen molar-refractivity contribution in [3.8, 4) is 22.7 Å². The van der Waals surface area contributed by atoms with E-state index in [0.717, 1.165) is 18.4 Å². The Kier molecular flexibility index (Phi) is 4.04. The molecule has 7 nitrogen and oxygen atoms in total. The van der Waals surface area contributed by atoms with E-state index in [1.54, 1.807) is 23.9 Å². The molecule has 5 rings (SSSR count). The van der Waals surface area contributed by atoms with Crippen LogP contribution in [0.3, 0.4) is 0 Å². The van der Waals surface area contributed by atoms with Crippen molar-refractivity contribution < 1.29 is 9.13 Å². The molecular formula is C21H19FN6O. The van der Waals surface area contributed by atoms with Crippen LogP contribution in [0.5, 0.6) is 5.75 Å². The first-order valence-electron chi connectivity index (χ1n) is 9.36. The lowest BCUT2D eigenvalue weighted by Gasteiger charge is -2.11. The number of hydrogen-bond acceptors (Lipinski definition) is 6. The van der Waals surface area contributed by atoms with E-state index in [2.05, 4.69) is 15.4 Å². The molecule has 0 unspecified atom stereocenters. The topological polar surface area (TPSA) is 90.9 Å². The summed E-state index contributed by atoms with van der Waals surface area (Å²) in [4.78, 5) is 9.32. The number of methoxy groups -OCH3 is 1. The number of para-hydroxylation sites is 1. The van der Waals surface area contributed by atoms with Crippen LogP contribution in [-0.4, -0.2) is 32.9 Å². The van der Waals surface area contributed by atoms with Crippen molar-refractivity contribution in [3.05, 3.63) is 54.3 Å². The number of halogens is 1. The van der Waals surface area contributed by atoms with Crippen molar-refractivity contribution in [2.75, 3.05) is 18.2 Å². The van der Waals surface area contributed by atoms with E-state index in [0.29, 0.717) is 46.0 Å². The van der Waals surface area contributed by atoms with Gasteiger partial charge in [-0.3, -0.25) is 0 Å². The van der Waals surface area contributed by atoms with Crippen molar-refractivity contribution in [1.82, 2.24) is 19.7 Å². The lowest BCUT2D eigenvalue weighted by molar-refractivity contribution is 0.416. The van der Waals surface area contributed by atoms with E-state index in [4.69, 9.17) is 15.5 Å². The molecule has 0 aliphatic heterocycles. The molecule has 2 aromatic heterocycles. The van der Waals surface area contributed by atoms with E-state index in [1.807, 2.05) is 24.3 Å². The SMILES string of the molecule is COc1ccccc1-c1nc(NC2CC2)nc2nn(-c3ccc(F)cc3)c(N)c12. The Hall–Kier alpha value is -3.68. The number of nitrogens with one attached hydrogen (secondary N) is 1. The number of hydrogen-bond donors (Lipinski definition) is 2. The predicted octanol–water partition coefficient (Wildman–Crippen LogP) is 3.79. The van der Waals surface area contributed by atoms with Gasteiger partial charge in [-0.25, -0.2) is 14.1 Å². The number of fused-ring (bicyclic) bond motifs is 1. The average Bonchev–Trinajstić information content (AvgIpc) is 3.49. The Morgan fingerprint density at radius 2 is 1.86 bits per heavy atom. The summed E-state index contributed by atoms with van der Waals surface area (Å²) in [6.07, 6.45) is 2.19. The molecule has 1 aliphatic rings. The highest BCUT2D eigenvalue weighted by molar-refractivity contribution is 6.00. The molecule has 0 spiro atoms. The standard InChI is InChI=1S/C21H19FN6O/c1-29-16-5-3-2-4-15(16)18-17-19(23)28(14-10-6-12(22)7-11-14)27-20(17)26-21(25-18)24-13-8-9-13/h2-7,10-11,13H,8-9,23H2,1H3,(H,24,26,27). The minimum Gasteiger partial charge on any atom is -0.496 e. The molecule has 0 bridgehead atoms. The van der Waals surface area contributed by atoms with Gasteiger partial charge in [-0.15, -0.1) is 5.10 Å². The summed E-state index contributed by atoms with van der Waals surface area (Å²) in [5.41, 5.74) is 9.01. The first-order chi connectivity index (χ1) is 14.1. The number of benzene rings is 2. The minimum atomic E-state index is -0.325. The van der Waals surface area contributed by atoms with Crippen LogP contribution in [0.4, 0.5) is 16.2 Å². The number of nitrogens with zero attached hydrogens (tertiary/aromatic N) is 4. The summed E-state index contributed by atoms with van der Waals surface area (Å²) >= 11 is 0. The fourth-order valence-corrected chi connectivity index (χ4v) is 3.30. The van der Waals surface area contributed by atoms with Crippen molar-refractivity contribution in [2.45, 2.75) is 18.9 Å². The largest absolute Gasteiger partial charge is 0.496 e. The van der Waals surface area contributed by atoms with E-state index in [-0.39, 0.29) is 5.82 Å². The maximum Gasteiger partial charge on any atom is 0.225 e. The third-order valence-electron chi connectivity index (χ3n) is 4.91. The van der Waals surface area contributed by atoms with Gasteiger partial charge < -0.3 is 15.8 Å². The van der Waals surface area contributed by atoms with Gasteiger partial charge in [0.1, 0.15) is 17.4 Å².